The van der Waals surface area contributed by atoms with Crippen molar-refractivity contribution in [1.82, 2.24) is 0 Å². The Morgan fingerprint density at radius 1 is 0.705 bits per heavy atom. The summed E-state index contributed by atoms with van der Waals surface area (Å²) in [6, 6.07) is 1.40. The Morgan fingerprint density at radius 3 is 1.72 bits per heavy atom. The zero-order chi connectivity index (χ0) is 45.6. The van der Waals surface area contributed by atoms with Gasteiger partial charge in [-0.25, -0.2) is 9.98 Å². The van der Waals surface area contributed by atoms with Gasteiger partial charge in [0, 0.05) is 70.4 Å². The van der Waals surface area contributed by atoms with E-state index in [1.807, 2.05) is 13.8 Å². The molecule has 0 spiro atoms. The molecule has 0 unspecified atom stereocenters. The summed E-state index contributed by atoms with van der Waals surface area (Å²) in [7, 11) is 0. The molecule has 15 N–H and O–H groups in total. The van der Waals surface area contributed by atoms with Crippen LogP contribution in [0.25, 0.3) is 32.7 Å². The summed E-state index contributed by atoms with van der Waals surface area (Å²) in [6.07, 6.45) is 4.29. The number of carboxylic acids is 2. The Hall–Kier alpha value is -6.46. The lowest BCUT2D eigenvalue weighted by molar-refractivity contribution is -0.139. The second kappa shape index (κ2) is 19.7. The van der Waals surface area contributed by atoms with E-state index in [0.717, 1.165) is 6.21 Å². The summed E-state index contributed by atoms with van der Waals surface area (Å²) in [5.41, 5.74) is 19.2. The molecule has 0 amide bonds. The number of benzene rings is 4. The molecule has 0 saturated heterocycles. The molecule has 0 aromatic heterocycles. The predicted octanol–water partition coefficient (Wildman–Crippen LogP) is 6.25. The third-order valence-electron chi connectivity index (χ3n) is 10.7. The minimum absolute atomic E-state index is 0.00363. The first kappa shape index (κ1) is 47.2. The van der Waals surface area contributed by atoms with Gasteiger partial charge < -0.3 is 58.1 Å². The molecule has 4 aromatic carbocycles. The molecular weight excluding hydrogens is 787 g/mol. The second-order valence-electron chi connectivity index (χ2n) is 15.8. The third kappa shape index (κ3) is 10.1. The monoisotopic (exact) mass is 843 g/mol. The van der Waals surface area contributed by atoms with Gasteiger partial charge in [-0.05, 0) is 73.3 Å². The lowest BCUT2D eigenvalue weighted by atomic mass is 9.83. The number of rotatable bonds is 17. The minimum atomic E-state index is -1.14. The molecule has 0 heterocycles. The number of aromatic hydroxyl groups is 6. The summed E-state index contributed by atoms with van der Waals surface area (Å²) < 4.78 is 0. The first-order valence-electron chi connectivity index (χ1n) is 20.0. The number of nitrogens with zero attached hydrogens (tertiary/aromatic N) is 3. The molecule has 0 bridgehead atoms. The summed E-state index contributed by atoms with van der Waals surface area (Å²) >= 11 is 0. The van der Waals surface area contributed by atoms with Crippen molar-refractivity contribution < 1.29 is 50.4 Å². The third-order valence-corrected chi connectivity index (χ3v) is 10.7. The van der Waals surface area contributed by atoms with Gasteiger partial charge in [0.1, 0.15) is 29.4 Å². The Labute approximate surface area is 353 Å². The number of carbonyl (C=O) groups is 2. The number of guanidine groups is 1. The molecule has 2 atom stereocenters. The van der Waals surface area contributed by atoms with Gasteiger partial charge in [-0.1, -0.05) is 46.2 Å². The predicted molar refractivity (Wildman–Crippen MR) is 237 cm³/mol. The molecular formula is C44H57N7O10. The van der Waals surface area contributed by atoms with Crippen LogP contribution in [0.4, 0.5) is 0 Å². The van der Waals surface area contributed by atoms with Crippen LogP contribution < -0.4 is 17.2 Å². The Bertz CT molecular complexity index is 2460. The molecule has 0 saturated carbocycles. The molecule has 0 aliphatic heterocycles. The van der Waals surface area contributed by atoms with Crippen LogP contribution in [0.5, 0.6) is 34.5 Å². The largest absolute Gasteiger partial charge is 0.507 e. The van der Waals surface area contributed by atoms with Crippen molar-refractivity contribution in [2.75, 3.05) is 6.54 Å². The van der Waals surface area contributed by atoms with Crippen LogP contribution in [0.1, 0.15) is 111 Å². The molecule has 4 rings (SSSR count). The SMILES string of the molecule is Cc1cc2c(C(C)C)c(O)c(O)c(C=NC(N)=NCCC[C@H](N)C(=O)O)c2c(O)c1-c1c(C)cc2c(C(C)C)c(O)c(O)c(CC=NC(=N)CCCC[C@H](N)C(=O)O)c2c1O. The minimum Gasteiger partial charge on any atom is -0.507 e. The summed E-state index contributed by atoms with van der Waals surface area (Å²) in [6.45, 7) is 10.8. The summed E-state index contributed by atoms with van der Waals surface area (Å²) in [5.74, 6) is -5.74. The van der Waals surface area contributed by atoms with Crippen molar-refractivity contribution in [2.24, 2.45) is 32.2 Å². The van der Waals surface area contributed by atoms with Gasteiger partial charge in [-0.3, -0.25) is 20.0 Å². The number of amidine groups is 1. The maximum atomic E-state index is 12.4. The van der Waals surface area contributed by atoms with E-state index in [0.29, 0.717) is 52.3 Å². The summed E-state index contributed by atoms with van der Waals surface area (Å²) in [4.78, 5) is 34.5. The number of aliphatic imine (C=N–C) groups is 3. The first-order chi connectivity index (χ1) is 28.6. The normalized spacial score (nSPS) is 13.4. The average molecular weight is 844 g/mol. The highest BCUT2D eigenvalue weighted by molar-refractivity contribution is 6.14. The molecule has 17 heteroatoms. The van der Waals surface area contributed by atoms with E-state index in [1.54, 1.807) is 39.8 Å². The van der Waals surface area contributed by atoms with E-state index in [9.17, 15) is 40.2 Å². The second-order valence-corrected chi connectivity index (χ2v) is 15.8. The molecule has 4 aromatic rings. The van der Waals surface area contributed by atoms with E-state index in [2.05, 4.69) is 15.0 Å². The number of phenols is 6. The molecule has 17 nitrogen and oxygen atoms in total. The van der Waals surface area contributed by atoms with Crippen LogP contribution in [-0.2, 0) is 16.0 Å². The van der Waals surface area contributed by atoms with Crippen molar-refractivity contribution in [2.45, 2.75) is 110 Å². The van der Waals surface area contributed by atoms with Gasteiger partial charge in [-0.2, -0.15) is 0 Å². The molecule has 0 radical (unpaired) electrons. The number of hydrogen-bond acceptors (Lipinski definition) is 12. The maximum Gasteiger partial charge on any atom is 0.320 e. The Kier molecular flexibility index (Phi) is 15.3. The van der Waals surface area contributed by atoms with Gasteiger partial charge >= 0.3 is 11.9 Å². The molecule has 0 fully saturated rings. The van der Waals surface area contributed by atoms with Crippen LogP contribution in [-0.4, -0.2) is 95.6 Å². The molecule has 0 aliphatic carbocycles. The highest BCUT2D eigenvalue weighted by Gasteiger charge is 2.30. The number of aryl methyl sites for hydroxylation is 2. The summed E-state index contributed by atoms with van der Waals surface area (Å²) in [5, 5.41) is 97.5. The average Bonchev–Trinajstić information content (AvgIpc) is 3.17. The highest BCUT2D eigenvalue weighted by atomic mass is 16.4. The van der Waals surface area contributed by atoms with Crippen molar-refractivity contribution in [3.8, 4) is 45.6 Å². The number of nitrogens with one attached hydrogen (secondary N) is 1. The fourth-order valence-electron chi connectivity index (χ4n) is 7.64. The van der Waals surface area contributed by atoms with Crippen LogP contribution >= 0.6 is 0 Å². The lowest BCUT2D eigenvalue weighted by Crippen LogP contribution is -2.30. The quantitative estimate of drug-likeness (QED) is 0.0242. The first-order valence-corrected chi connectivity index (χ1v) is 20.0. The molecule has 0 aliphatic rings. The van der Waals surface area contributed by atoms with E-state index in [1.165, 1.54) is 6.21 Å². The van der Waals surface area contributed by atoms with Gasteiger partial charge in [0.05, 0.1) is 5.56 Å². The number of nitrogens with two attached hydrogens (primary N) is 3. The fraction of sp³-hybridized carbons (Fsp3) is 0.409. The van der Waals surface area contributed by atoms with Gasteiger partial charge in [0.2, 0.25) is 5.96 Å². The van der Waals surface area contributed by atoms with E-state index in [4.69, 9.17) is 32.8 Å². The zero-order valence-corrected chi connectivity index (χ0v) is 35.2. The lowest BCUT2D eigenvalue weighted by Gasteiger charge is -2.24. The van der Waals surface area contributed by atoms with Crippen LogP contribution in [0.15, 0.2) is 27.1 Å². The standard InChI is InChI=1S/C44H57N7O10/c1-19(2)30-24-16-21(5)32(38(54)34(24)23(36(52)40(30)56)13-15-49-29(47)12-8-7-10-27(45)42(58)59)33-22(6)17-25-31(20(3)4)41(57)37(53)26(35(25)39(33)55)18-51-44(48)50-14-9-11-28(46)43(60)61/h15-20,27-28,47,52-57H,7-14,45-46H2,1-6H3,(H2,48,50)(H,58,59)(H,60,61)/t27-,28-/m0/s1. The van der Waals surface area contributed by atoms with Gasteiger partial charge in [0.25, 0.3) is 0 Å². The highest BCUT2D eigenvalue weighted by Crippen LogP contribution is 2.54. The van der Waals surface area contributed by atoms with Crippen molar-refractivity contribution in [1.29, 1.82) is 5.41 Å². The number of unbranched alkanes of at least 4 members (excludes halogenated alkanes) is 1. The number of hydrogen-bond donors (Lipinski definition) is 12. The zero-order valence-electron chi connectivity index (χ0n) is 35.2. The fourth-order valence-corrected chi connectivity index (χ4v) is 7.64. The maximum absolute atomic E-state index is 12.4. The Balaban J connectivity index is 1.93. The van der Waals surface area contributed by atoms with Gasteiger partial charge in [0.15, 0.2) is 23.0 Å². The number of carboxylic acid groups (broad SMARTS) is 2. The van der Waals surface area contributed by atoms with Crippen LogP contribution in [0.2, 0.25) is 0 Å². The van der Waals surface area contributed by atoms with Crippen molar-refractivity contribution in [3.05, 3.63) is 45.5 Å². The van der Waals surface area contributed by atoms with E-state index < -0.39 is 41.3 Å². The van der Waals surface area contributed by atoms with Gasteiger partial charge in [-0.15, -0.1) is 0 Å². The van der Waals surface area contributed by atoms with Crippen molar-refractivity contribution in [3.63, 3.8) is 0 Å². The van der Waals surface area contributed by atoms with E-state index >= 15 is 0 Å². The van der Waals surface area contributed by atoms with Crippen LogP contribution in [0, 0.1) is 19.3 Å². The number of aliphatic carboxylic acids is 2. The van der Waals surface area contributed by atoms with Crippen LogP contribution in [0.3, 0.4) is 0 Å². The molecule has 61 heavy (non-hydrogen) atoms. The molecule has 328 valence electrons. The van der Waals surface area contributed by atoms with E-state index in [-0.39, 0.29) is 106 Å². The smallest absolute Gasteiger partial charge is 0.320 e. The number of fused-ring (bicyclic) bond motifs is 2. The topological polar surface area (TPSA) is 335 Å². The Morgan fingerprint density at radius 2 is 1.20 bits per heavy atom. The number of phenolic OH excluding ortho intramolecular Hbond substituents is 6. The van der Waals surface area contributed by atoms with Crippen molar-refractivity contribution >= 4 is 57.7 Å².